The SMILES string of the molecule is CCCc1c(N)nnn1Cc1cc(Br)ccc1F. The maximum absolute atomic E-state index is 13.7. The number of hydrogen-bond acceptors (Lipinski definition) is 3. The van der Waals surface area contributed by atoms with Gasteiger partial charge in [-0.05, 0) is 24.6 Å². The van der Waals surface area contributed by atoms with Crippen LogP contribution in [0.25, 0.3) is 0 Å². The van der Waals surface area contributed by atoms with Gasteiger partial charge in [-0.1, -0.05) is 34.5 Å². The zero-order valence-electron chi connectivity index (χ0n) is 10.0. The average molecular weight is 313 g/mol. The van der Waals surface area contributed by atoms with Gasteiger partial charge >= 0.3 is 0 Å². The summed E-state index contributed by atoms with van der Waals surface area (Å²) in [5.41, 5.74) is 7.17. The van der Waals surface area contributed by atoms with Crippen LogP contribution in [-0.4, -0.2) is 15.0 Å². The van der Waals surface area contributed by atoms with E-state index in [9.17, 15) is 4.39 Å². The van der Waals surface area contributed by atoms with Crippen LogP contribution in [0.15, 0.2) is 22.7 Å². The van der Waals surface area contributed by atoms with Crippen LogP contribution in [0, 0.1) is 5.82 Å². The largest absolute Gasteiger partial charge is 0.381 e. The molecule has 1 heterocycles. The van der Waals surface area contributed by atoms with Gasteiger partial charge in [-0.25, -0.2) is 9.07 Å². The van der Waals surface area contributed by atoms with Crippen LogP contribution in [-0.2, 0) is 13.0 Å². The van der Waals surface area contributed by atoms with Crippen molar-refractivity contribution in [2.24, 2.45) is 0 Å². The van der Waals surface area contributed by atoms with E-state index in [-0.39, 0.29) is 5.82 Å². The Hall–Kier alpha value is -1.43. The highest BCUT2D eigenvalue weighted by molar-refractivity contribution is 9.10. The Kier molecular flexibility index (Phi) is 3.96. The molecule has 0 saturated heterocycles. The highest BCUT2D eigenvalue weighted by Crippen LogP contribution is 2.18. The molecular weight excluding hydrogens is 299 g/mol. The van der Waals surface area contributed by atoms with Crippen LogP contribution >= 0.6 is 15.9 Å². The highest BCUT2D eigenvalue weighted by atomic mass is 79.9. The van der Waals surface area contributed by atoms with Crippen molar-refractivity contribution in [2.75, 3.05) is 5.73 Å². The summed E-state index contributed by atoms with van der Waals surface area (Å²) in [6.45, 7) is 2.39. The average Bonchev–Trinajstić information content (AvgIpc) is 2.67. The summed E-state index contributed by atoms with van der Waals surface area (Å²) in [7, 11) is 0. The number of aromatic nitrogens is 3. The molecule has 0 aliphatic carbocycles. The normalized spacial score (nSPS) is 10.8. The minimum atomic E-state index is -0.255. The summed E-state index contributed by atoms with van der Waals surface area (Å²) in [5.74, 6) is 0.168. The maximum Gasteiger partial charge on any atom is 0.169 e. The first-order valence-corrected chi connectivity index (χ1v) is 6.53. The van der Waals surface area contributed by atoms with Crippen LogP contribution < -0.4 is 5.73 Å². The van der Waals surface area contributed by atoms with Gasteiger partial charge in [0.2, 0.25) is 0 Å². The Bertz CT molecular complexity index is 553. The lowest BCUT2D eigenvalue weighted by Crippen LogP contribution is -2.08. The predicted octanol–water partition coefficient (Wildman–Crippen LogP) is 2.76. The number of rotatable bonds is 4. The first kappa shape index (κ1) is 13.0. The number of hydrogen-bond donors (Lipinski definition) is 1. The summed E-state index contributed by atoms with van der Waals surface area (Å²) in [6, 6.07) is 4.84. The van der Waals surface area contributed by atoms with Crippen molar-refractivity contribution in [2.45, 2.75) is 26.3 Å². The minimum absolute atomic E-state index is 0.255. The van der Waals surface area contributed by atoms with Crippen LogP contribution in [0.5, 0.6) is 0 Å². The molecule has 0 saturated carbocycles. The van der Waals surface area contributed by atoms with Gasteiger partial charge in [0.15, 0.2) is 5.82 Å². The molecule has 18 heavy (non-hydrogen) atoms. The van der Waals surface area contributed by atoms with E-state index in [1.807, 2.05) is 0 Å². The van der Waals surface area contributed by atoms with Gasteiger partial charge < -0.3 is 5.73 Å². The molecule has 2 rings (SSSR count). The van der Waals surface area contributed by atoms with Crippen molar-refractivity contribution in [3.63, 3.8) is 0 Å². The minimum Gasteiger partial charge on any atom is -0.381 e. The number of nitrogens with zero attached hydrogens (tertiary/aromatic N) is 3. The second kappa shape index (κ2) is 5.48. The fraction of sp³-hybridized carbons (Fsp3) is 0.333. The smallest absolute Gasteiger partial charge is 0.169 e. The Morgan fingerprint density at radius 3 is 2.94 bits per heavy atom. The van der Waals surface area contributed by atoms with E-state index in [1.165, 1.54) is 6.07 Å². The topological polar surface area (TPSA) is 56.7 Å². The number of anilines is 1. The molecule has 96 valence electrons. The van der Waals surface area contributed by atoms with Gasteiger partial charge in [0.1, 0.15) is 5.82 Å². The molecule has 1 aromatic carbocycles. The van der Waals surface area contributed by atoms with E-state index in [2.05, 4.69) is 33.2 Å². The molecule has 2 aromatic rings. The van der Waals surface area contributed by atoms with E-state index in [4.69, 9.17) is 5.73 Å². The molecule has 6 heteroatoms. The van der Waals surface area contributed by atoms with Gasteiger partial charge in [0.05, 0.1) is 12.2 Å². The summed E-state index contributed by atoms with van der Waals surface area (Å²) >= 11 is 3.33. The maximum atomic E-state index is 13.7. The van der Waals surface area contributed by atoms with Crippen molar-refractivity contribution < 1.29 is 4.39 Å². The molecule has 0 fully saturated rings. The second-order valence-corrected chi connectivity index (χ2v) is 4.98. The molecule has 0 bridgehead atoms. The molecule has 1 aromatic heterocycles. The fourth-order valence-electron chi connectivity index (χ4n) is 1.79. The van der Waals surface area contributed by atoms with Crippen LogP contribution in [0.1, 0.15) is 24.6 Å². The Balaban J connectivity index is 2.31. The van der Waals surface area contributed by atoms with Crippen molar-refractivity contribution >= 4 is 21.7 Å². The number of nitrogens with two attached hydrogens (primary N) is 1. The summed E-state index contributed by atoms with van der Waals surface area (Å²) in [6.07, 6.45) is 1.73. The molecule has 0 radical (unpaired) electrons. The summed E-state index contributed by atoms with van der Waals surface area (Å²) in [5, 5.41) is 7.80. The van der Waals surface area contributed by atoms with E-state index < -0.39 is 0 Å². The first-order chi connectivity index (χ1) is 8.61. The molecular formula is C12H14BrFN4. The Labute approximate surface area is 113 Å². The summed E-state index contributed by atoms with van der Waals surface area (Å²) < 4.78 is 16.2. The molecule has 0 aliphatic heterocycles. The third kappa shape index (κ3) is 2.69. The second-order valence-electron chi connectivity index (χ2n) is 4.06. The van der Waals surface area contributed by atoms with E-state index in [0.29, 0.717) is 17.9 Å². The molecule has 0 atom stereocenters. The van der Waals surface area contributed by atoms with Crippen molar-refractivity contribution in [1.29, 1.82) is 0 Å². The van der Waals surface area contributed by atoms with Gasteiger partial charge in [-0.15, -0.1) is 5.10 Å². The first-order valence-electron chi connectivity index (χ1n) is 5.73. The lowest BCUT2D eigenvalue weighted by molar-refractivity contribution is 0.563. The lowest BCUT2D eigenvalue weighted by Gasteiger charge is -2.07. The lowest BCUT2D eigenvalue weighted by atomic mass is 10.2. The third-order valence-electron chi connectivity index (χ3n) is 2.68. The molecule has 0 unspecified atom stereocenters. The number of halogens is 2. The monoisotopic (exact) mass is 312 g/mol. The van der Waals surface area contributed by atoms with E-state index in [1.54, 1.807) is 16.8 Å². The summed E-state index contributed by atoms with van der Waals surface area (Å²) in [4.78, 5) is 0. The zero-order valence-corrected chi connectivity index (χ0v) is 11.6. The van der Waals surface area contributed by atoms with E-state index >= 15 is 0 Å². The zero-order chi connectivity index (χ0) is 13.1. The predicted molar refractivity (Wildman–Crippen MR) is 71.6 cm³/mol. The van der Waals surface area contributed by atoms with E-state index in [0.717, 1.165) is 23.0 Å². The van der Waals surface area contributed by atoms with Crippen LogP contribution in [0.4, 0.5) is 10.2 Å². The molecule has 0 spiro atoms. The fourth-order valence-corrected chi connectivity index (χ4v) is 2.20. The Morgan fingerprint density at radius 2 is 2.22 bits per heavy atom. The van der Waals surface area contributed by atoms with Gasteiger partial charge in [0.25, 0.3) is 0 Å². The van der Waals surface area contributed by atoms with Crippen molar-refractivity contribution in [1.82, 2.24) is 15.0 Å². The highest BCUT2D eigenvalue weighted by Gasteiger charge is 2.11. The van der Waals surface area contributed by atoms with Gasteiger partial charge in [-0.2, -0.15) is 0 Å². The Morgan fingerprint density at radius 1 is 1.44 bits per heavy atom. The van der Waals surface area contributed by atoms with Crippen molar-refractivity contribution in [3.05, 3.63) is 39.7 Å². The van der Waals surface area contributed by atoms with Gasteiger partial charge in [0, 0.05) is 10.0 Å². The van der Waals surface area contributed by atoms with Gasteiger partial charge in [-0.3, -0.25) is 0 Å². The number of benzene rings is 1. The molecule has 0 amide bonds. The number of nitrogen functional groups attached to an aromatic ring is 1. The quantitative estimate of drug-likeness (QED) is 0.944. The van der Waals surface area contributed by atoms with Crippen molar-refractivity contribution in [3.8, 4) is 0 Å². The van der Waals surface area contributed by atoms with Crippen LogP contribution in [0.2, 0.25) is 0 Å². The van der Waals surface area contributed by atoms with Crippen LogP contribution in [0.3, 0.4) is 0 Å². The molecule has 0 aliphatic rings. The molecule has 4 nitrogen and oxygen atoms in total. The third-order valence-corrected chi connectivity index (χ3v) is 3.18. The molecule has 2 N–H and O–H groups in total. The standard InChI is InChI=1S/C12H14BrFN4/c1-2-3-11-12(15)16-17-18(11)7-8-6-9(13)4-5-10(8)14/h4-6H,2-3,7,15H2,1H3.